The fourth-order valence-electron chi connectivity index (χ4n) is 4.34. The maximum atomic E-state index is 9.41. The number of benzene rings is 2. The summed E-state index contributed by atoms with van der Waals surface area (Å²) in [6.07, 6.45) is 2.28. The monoisotopic (exact) mass is 388 g/mol. The minimum atomic E-state index is 0.115. The van der Waals surface area contributed by atoms with Crippen molar-refractivity contribution < 1.29 is 5.11 Å². The van der Waals surface area contributed by atoms with Gasteiger partial charge in [-0.25, -0.2) is 5.32 Å². The summed E-state index contributed by atoms with van der Waals surface area (Å²) in [5.74, 6) is 0. The van der Waals surface area contributed by atoms with E-state index >= 15 is 0 Å². The summed E-state index contributed by atoms with van der Waals surface area (Å²) in [5.41, 5.74) is 7.70. The highest BCUT2D eigenvalue weighted by molar-refractivity contribution is 5.71. The number of aromatic nitrogens is 1. The van der Waals surface area contributed by atoms with E-state index < -0.39 is 0 Å². The van der Waals surface area contributed by atoms with Crippen LogP contribution in [0.25, 0.3) is 11.1 Å². The predicted molar refractivity (Wildman–Crippen MR) is 118 cm³/mol. The van der Waals surface area contributed by atoms with Crippen LogP contribution in [-0.4, -0.2) is 47.4 Å². The van der Waals surface area contributed by atoms with Gasteiger partial charge in [0.05, 0.1) is 12.6 Å². The first-order chi connectivity index (χ1) is 14.2. The van der Waals surface area contributed by atoms with Crippen molar-refractivity contribution in [3.8, 4) is 11.1 Å². The molecule has 1 aromatic heterocycles. The highest BCUT2D eigenvalue weighted by Crippen LogP contribution is 2.35. The number of piperazine rings is 1. The Morgan fingerprint density at radius 2 is 1.79 bits per heavy atom. The van der Waals surface area contributed by atoms with Crippen LogP contribution in [0.4, 0.5) is 0 Å². The van der Waals surface area contributed by atoms with Crippen molar-refractivity contribution in [3.05, 3.63) is 83.2 Å². The molecular weight excluding hydrogens is 358 g/mol. The van der Waals surface area contributed by atoms with Gasteiger partial charge in [-0.05, 0) is 30.5 Å². The molecule has 0 amide bonds. The zero-order valence-electron chi connectivity index (χ0n) is 17.4. The quantitative estimate of drug-likeness (QED) is 0.698. The molecule has 0 bridgehead atoms. The smallest absolute Gasteiger partial charge is 0.0781 e. The first-order valence-corrected chi connectivity index (χ1v) is 10.5. The number of β-amino-alcohol motifs (C(OH)–C–C–N with tert-alkyl or cyclic N) is 1. The van der Waals surface area contributed by atoms with Gasteiger partial charge in [0.15, 0.2) is 0 Å². The highest BCUT2D eigenvalue weighted by atomic mass is 16.3. The van der Waals surface area contributed by atoms with Crippen LogP contribution in [0.2, 0.25) is 0 Å². The van der Waals surface area contributed by atoms with Crippen LogP contribution in [0.1, 0.15) is 28.4 Å². The minimum Gasteiger partial charge on any atom is -0.395 e. The average Bonchev–Trinajstić information content (AvgIpc) is 3.05. The summed E-state index contributed by atoms with van der Waals surface area (Å²) in [6.45, 7) is 8.68. The summed E-state index contributed by atoms with van der Waals surface area (Å²) in [4.78, 5) is 2.33. The number of nitrogens with zero attached hydrogens (tertiary/aromatic N) is 3. The Labute approximate surface area is 173 Å². The van der Waals surface area contributed by atoms with Crippen LogP contribution in [0, 0.1) is 13.8 Å². The maximum absolute atomic E-state index is 9.41. The van der Waals surface area contributed by atoms with E-state index in [-0.39, 0.29) is 12.6 Å². The fourth-order valence-corrected chi connectivity index (χ4v) is 4.34. The molecule has 4 nitrogen and oxygen atoms in total. The van der Waals surface area contributed by atoms with E-state index in [1.54, 1.807) is 0 Å². The second kappa shape index (κ2) is 8.95. The van der Waals surface area contributed by atoms with Gasteiger partial charge in [-0.2, -0.15) is 0 Å². The third-order valence-electron chi connectivity index (χ3n) is 5.77. The Balaban J connectivity index is 1.77. The summed E-state index contributed by atoms with van der Waals surface area (Å²) in [6, 6.07) is 19.6. The van der Waals surface area contributed by atoms with Crippen molar-refractivity contribution in [1.82, 2.24) is 14.8 Å². The molecule has 1 saturated heterocycles. The Kier molecular flexibility index (Phi) is 6.14. The molecule has 3 aromatic rings. The molecule has 1 aliphatic rings. The first kappa shape index (κ1) is 19.9. The van der Waals surface area contributed by atoms with Crippen LogP contribution in [0.15, 0.2) is 60.8 Å². The van der Waals surface area contributed by atoms with E-state index in [2.05, 4.69) is 84.1 Å². The molecule has 1 radical (unpaired) electrons. The van der Waals surface area contributed by atoms with Gasteiger partial charge in [0.1, 0.15) is 0 Å². The van der Waals surface area contributed by atoms with Crippen molar-refractivity contribution >= 4 is 0 Å². The number of rotatable bonds is 6. The molecule has 1 aliphatic heterocycles. The summed E-state index contributed by atoms with van der Waals surface area (Å²) in [5, 5.41) is 14.4. The second-order valence-electron chi connectivity index (χ2n) is 8.00. The lowest BCUT2D eigenvalue weighted by atomic mass is 9.96. The molecule has 0 spiro atoms. The van der Waals surface area contributed by atoms with E-state index in [0.717, 1.165) is 26.2 Å². The van der Waals surface area contributed by atoms with Crippen LogP contribution in [0.5, 0.6) is 0 Å². The summed E-state index contributed by atoms with van der Waals surface area (Å²) < 4.78 is 2.39. The van der Waals surface area contributed by atoms with Gasteiger partial charge in [0.25, 0.3) is 0 Å². The predicted octanol–water partition coefficient (Wildman–Crippen LogP) is 3.77. The largest absolute Gasteiger partial charge is 0.395 e. The number of hydrogen-bond donors (Lipinski definition) is 1. The zero-order valence-corrected chi connectivity index (χ0v) is 17.4. The topological polar surface area (TPSA) is 42.5 Å². The lowest BCUT2D eigenvalue weighted by Crippen LogP contribution is -2.44. The number of aliphatic hydroxyl groups is 1. The third kappa shape index (κ3) is 4.45. The Bertz CT molecular complexity index is 929. The van der Waals surface area contributed by atoms with Crippen molar-refractivity contribution in [1.29, 1.82) is 0 Å². The molecule has 0 aliphatic carbocycles. The molecule has 2 heterocycles. The molecule has 4 rings (SSSR count). The Morgan fingerprint density at radius 1 is 1.03 bits per heavy atom. The third-order valence-corrected chi connectivity index (χ3v) is 5.77. The zero-order chi connectivity index (χ0) is 20.2. The molecular formula is C25H30N3O. The van der Waals surface area contributed by atoms with Crippen LogP contribution in [0.3, 0.4) is 0 Å². The normalized spacial score (nSPS) is 17.6. The summed E-state index contributed by atoms with van der Waals surface area (Å²) >= 11 is 0. The van der Waals surface area contributed by atoms with Crippen molar-refractivity contribution in [2.24, 2.45) is 0 Å². The molecule has 29 heavy (non-hydrogen) atoms. The maximum Gasteiger partial charge on any atom is 0.0781 e. The van der Waals surface area contributed by atoms with E-state index in [1.165, 1.54) is 33.5 Å². The van der Waals surface area contributed by atoms with Crippen LogP contribution >= 0.6 is 0 Å². The molecule has 151 valence electrons. The number of aryl methyl sites for hydroxylation is 2. The molecule has 1 atom stereocenters. The molecule has 0 saturated carbocycles. The minimum absolute atomic E-state index is 0.115. The molecule has 2 aromatic carbocycles. The van der Waals surface area contributed by atoms with E-state index in [1.807, 2.05) is 0 Å². The highest BCUT2D eigenvalue weighted by Gasteiger charge is 2.28. The van der Waals surface area contributed by atoms with Crippen LogP contribution in [-0.2, 0) is 6.54 Å². The average molecular weight is 389 g/mol. The Morgan fingerprint density at radius 3 is 2.52 bits per heavy atom. The summed E-state index contributed by atoms with van der Waals surface area (Å²) in [7, 11) is 0. The molecule has 1 fully saturated rings. The van der Waals surface area contributed by atoms with Gasteiger partial charge in [-0.3, -0.25) is 4.90 Å². The molecule has 1 unspecified atom stereocenters. The van der Waals surface area contributed by atoms with Gasteiger partial charge in [0.2, 0.25) is 0 Å². The van der Waals surface area contributed by atoms with Crippen LogP contribution < -0.4 is 5.32 Å². The second-order valence-corrected chi connectivity index (χ2v) is 8.00. The molecule has 4 heteroatoms. The van der Waals surface area contributed by atoms with Gasteiger partial charge in [0, 0.05) is 50.2 Å². The SMILES string of the molecule is Cc1ccc(-c2c(C)cn(Cc3ccccc3)c2C2CN(CCO)CC[N]2)cc1. The van der Waals surface area contributed by atoms with Gasteiger partial charge < -0.3 is 9.67 Å². The van der Waals surface area contributed by atoms with Crippen molar-refractivity contribution in [3.63, 3.8) is 0 Å². The lowest BCUT2D eigenvalue weighted by Gasteiger charge is -2.33. The van der Waals surface area contributed by atoms with Crippen molar-refractivity contribution in [2.45, 2.75) is 26.4 Å². The lowest BCUT2D eigenvalue weighted by molar-refractivity contribution is 0.153. The standard InChI is InChI=1S/C25H30N3O/c1-19-8-10-22(11-9-19)24-20(2)16-28(17-21-6-4-3-5-7-21)25(24)23-18-27(14-15-29)13-12-26-23/h3-11,16,23,29H,12-15,17-18H2,1-2H3. The van der Waals surface area contributed by atoms with Gasteiger partial charge in [-0.1, -0.05) is 60.2 Å². The number of aliphatic hydroxyl groups excluding tert-OH is 1. The first-order valence-electron chi connectivity index (χ1n) is 10.5. The van der Waals surface area contributed by atoms with E-state index in [4.69, 9.17) is 5.32 Å². The number of hydrogen-bond acceptors (Lipinski definition) is 2. The Hall–Kier alpha value is -2.40. The van der Waals surface area contributed by atoms with Crippen molar-refractivity contribution in [2.75, 3.05) is 32.8 Å². The fraction of sp³-hybridized carbons (Fsp3) is 0.360. The van der Waals surface area contributed by atoms with Gasteiger partial charge >= 0.3 is 0 Å². The van der Waals surface area contributed by atoms with E-state index in [9.17, 15) is 5.11 Å². The molecule has 1 N–H and O–H groups in total. The van der Waals surface area contributed by atoms with E-state index in [0.29, 0.717) is 6.54 Å². The van der Waals surface area contributed by atoms with Gasteiger partial charge in [-0.15, -0.1) is 0 Å².